The normalized spacial score (nSPS) is 18.5. The van der Waals surface area contributed by atoms with Gasteiger partial charge in [0, 0.05) is 23.7 Å². The molecule has 0 unspecified atom stereocenters. The van der Waals surface area contributed by atoms with Crippen LogP contribution in [0.15, 0.2) is 48.9 Å². The number of likely N-dealkylation sites (tertiary alicyclic amines) is 1. The van der Waals surface area contributed by atoms with Crippen LogP contribution < -0.4 is 4.74 Å². The van der Waals surface area contributed by atoms with Crippen LogP contribution in [0.2, 0.25) is 0 Å². The van der Waals surface area contributed by atoms with Gasteiger partial charge in [0.15, 0.2) is 0 Å². The first-order valence-electron chi connectivity index (χ1n) is 11.3. The van der Waals surface area contributed by atoms with E-state index in [9.17, 15) is 9.90 Å². The van der Waals surface area contributed by atoms with Crippen LogP contribution in [-0.2, 0) is 11.2 Å². The number of hydrogen-bond donors (Lipinski definition) is 1. The molecule has 0 aliphatic carbocycles. The molecule has 33 heavy (non-hydrogen) atoms. The smallest absolute Gasteiger partial charge is 0.308 e. The fourth-order valence-electron chi connectivity index (χ4n) is 4.54. The van der Waals surface area contributed by atoms with Crippen LogP contribution in [0, 0.1) is 23.7 Å². The maximum Gasteiger partial charge on any atom is 0.308 e. The molecule has 1 N–H and O–H groups in total. The van der Waals surface area contributed by atoms with Gasteiger partial charge in [-0.05, 0) is 74.0 Å². The first-order chi connectivity index (χ1) is 16.1. The van der Waals surface area contributed by atoms with Gasteiger partial charge in [0.1, 0.15) is 5.75 Å². The molecule has 7 heteroatoms. The minimum Gasteiger partial charge on any atom is -0.497 e. The number of ether oxygens (including phenoxy) is 1. The largest absolute Gasteiger partial charge is 0.497 e. The Bertz CT molecular complexity index is 1160. The van der Waals surface area contributed by atoms with Crippen LogP contribution in [0.4, 0.5) is 0 Å². The maximum absolute atomic E-state index is 12.0. The molecule has 1 aliphatic rings. The Morgan fingerprint density at radius 2 is 2.15 bits per heavy atom. The van der Waals surface area contributed by atoms with Crippen LogP contribution in [0.1, 0.15) is 30.4 Å². The van der Waals surface area contributed by atoms with E-state index in [2.05, 4.69) is 38.0 Å². The number of nitrogens with zero attached hydrogens (tertiary/aromatic N) is 4. The molecule has 0 amide bonds. The zero-order valence-corrected chi connectivity index (χ0v) is 18.8. The zero-order valence-electron chi connectivity index (χ0n) is 18.8. The van der Waals surface area contributed by atoms with Gasteiger partial charge in [-0.15, -0.1) is 0 Å². The fraction of sp³-hybridized carbons (Fsp3) is 0.385. The molecule has 3 heterocycles. The summed E-state index contributed by atoms with van der Waals surface area (Å²) >= 11 is 0. The van der Waals surface area contributed by atoms with Gasteiger partial charge in [-0.1, -0.05) is 11.8 Å². The minimum absolute atomic E-state index is 0.179. The zero-order chi connectivity index (χ0) is 23.0. The molecule has 170 valence electrons. The topological polar surface area (TPSA) is 88.4 Å². The minimum atomic E-state index is -0.713. The van der Waals surface area contributed by atoms with E-state index >= 15 is 0 Å². The van der Waals surface area contributed by atoms with Crippen LogP contribution in [0.3, 0.4) is 0 Å². The van der Waals surface area contributed by atoms with Gasteiger partial charge in [-0.2, -0.15) is 10.2 Å². The monoisotopic (exact) mass is 444 g/mol. The van der Waals surface area contributed by atoms with E-state index in [0.29, 0.717) is 13.1 Å². The van der Waals surface area contributed by atoms with Crippen LogP contribution in [0.5, 0.6) is 5.75 Å². The molecule has 0 radical (unpaired) electrons. The number of aliphatic carboxylic acids is 1. The van der Waals surface area contributed by atoms with Crippen molar-refractivity contribution < 1.29 is 14.6 Å². The molecule has 4 rings (SSSR count). The number of aromatic nitrogens is 3. The Balaban J connectivity index is 1.34. The van der Waals surface area contributed by atoms with Crippen molar-refractivity contribution in [1.82, 2.24) is 20.1 Å². The SMILES string of the molecule is COc1ccc2nccc(CCC[C@@H]3CCN(CC#Cc4ccnnc4)C[C@@H]3C(=O)O)c2c1. The third-order valence-electron chi connectivity index (χ3n) is 6.34. The van der Waals surface area contributed by atoms with E-state index in [0.717, 1.165) is 54.4 Å². The molecule has 1 fully saturated rings. The molecular weight excluding hydrogens is 416 g/mol. The van der Waals surface area contributed by atoms with Crippen molar-refractivity contribution in [3.05, 3.63) is 60.0 Å². The number of piperidine rings is 1. The quantitative estimate of drug-likeness (QED) is 0.559. The summed E-state index contributed by atoms with van der Waals surface area (Å²) in [6.07, 6.45) is 8.69. The van der Waals surface area contributed by atoms with E-state index in [4.69, 9.17) is 4.74 Å². The molecule has 0 spiro atoms. The second-order valence-electron chi connectivity index (χ2n) is 8.41. The third-order valence-corrected chi connectivity index (χ3v) is 6.34. The first kappa shape index (κ1) is 22.7. The summed E-state index contributed by atoms with van der Waals surface area (Å²) in [6, 6.07) is 9.79. The van der Waals surface area contributed by atoms with Gasteiger partial charge in [-0.3, -0.25) is 14.7 Å². The van der Waals surface area contributed by atoms with Crippen molar-refractivity contribution in [3.8, 4) is 17.6 Å². The number of pyridine rings is 1. The molecule has 2 atom stereocenters. The summed E-state index contributed by atoms with van der Waals surface area (Å²) in [5.41, 5.74) is 2.99. The molecular formula is C26H28N4O3. The molecule has 1 aliphatic heterocycles. The number of carboxylic acids is 1. The number of benzene rings is 1. The Morgan fingerprint density at radius 1 is 1.24 bits per heavy atom. The van der Waals surface area contributed by atoms with E-state index in [1.165, 1.54) is 5.56 Å². The molecule has 2 aromatic heterocycles. The predicted molar refractivity (Wildman–Crippen MR) is 126 cm³/mol. The van der Waals surface area contributed by atoms with Gasteiger partial charge < -0.3 is 9.84 Å². The standard InChI is InChI=1S/C26H28N4O3/c1-33-22-7-8-25-23(16-22)20(10-12-27-25)5-2-6-21-11-15-30(18-24(21)26(31)32)14-3-4-19-9-13-28-29-17-19/h7-10,12-13,16-17,21,24H,2,5-6,11,14-15,18H2,1H3,(H,31,32)/t21-,24+/m1/s1. The lowest BCUT2D eigenvalue weighted by Crippen LogP contribution is -2.44. The molecule has 1 aromatic carbocycles. The molecule has 1 saturated heterocycles. The van der Waals surface area contributed by atoms with Crippen LogP contribution >= 0.6 is 0 Å². The Morgan fingerprint density at radius 3 is 2.94 bits per heavy atom. The van der Waals surface area contributed by atoms with Gasteiger partial charge in [0.05, 0.1) is 37.5 Å². The number of carbonyl (C=O) groups is 1. The van der Waals surface area contributed by atoms with Crippen LogP contribution in [0.25, 0.3) is 10.9 Å². The van der Waals surface area contributed by atoms with E-state index in [1.807, 2.05) is 30.5 Å². The predicted octanol–water partition coefficient (Wildman–Crippen LogP) is 3.43. The second-order valence-corrected chi connectivity index (χ2v) is 8.41. The summed E-state index contributed by atoms with van der Waals surface area (Å²) in [6.45, 7) is 1.97. The van der Waals surface area contributed by atoms with Crippen molar-refractivity contribution in [3.63, 3.8) is 0 Å². The third kappa shape index (κ3) is 5.85. The van der Waals surface area contributed by atoms with Crippen molar-refractivity contribution >= 4 is 16.9 Å². The Hall–Kier alpha value is -3.50. The van der Waals surface area contributed by atoms with Crippen molar-refractivity contribution in [1.29, 1.82) is 0 Å². The highest BCUT2D eigenvalue weighted by atomic mass is 16.5. The van der Waals surface area contributed by atoms with Crippen molar-refractivity contribution in [2.24, 2.45) is 11.8 Å². The Kier molecular flexibility index (Phi) is 7.48. The lowest BCUT2D eigenvalue weighted by molar-refractivity contribution is -0.146. The molecule has 3 aromatic rings. The summed E-state index contributed by atoms with van der Waals surface area (Å²) in [4.78, 5) is 18.6. The van der Waals surface area contributed by atoms with Crippen LogP contribution in [-0.4, -0.2) is 57.9 Å². The van der Waals surface area contributed by atoms with E-state index in [1.54, 1.807) is 19.5 Å². The summed E-state index contributed by atoms with van der Waals surface area (Å²) in [7, 11) is 1.66. The number of rotatable bonds is 7. The highest BCUT2D eigenvalue weighted by Gasteiger charge is 2.33. The molecule has 0 saturated carbocycles. The van der Waals surface area contributed by atoms with E-state index in [-0.39, 0.29) is 11.8 Å². The summed E-state index contributed by atoms with van der Waals surface area (Å²) < 4.78 is 5.37. The number of carboxylic acid groups (broad SMARTS) is 1. The number of aryl methyl sites for hydroxylation is 1. The van der Waals surface area contributed by atoms with E-state index < -0.39 is 5.97 Å². The van der Waals surface area contributed by atoms with Crippen molar-refractivity contribution in [2.45, 2.75) is 25.7 Å². The van der Waals surface area contributed by atoms with Gasteiger partial charge in [-0.25, -0.2) is 0 Å². The van der Waals surface area contributed by atoms with Gasteiger partial charge in [0.2, 0.25) is 0 Å². The molecule has 7 nitrogen and oxygen atoms in total. The van der Waals surface area contributed by atoms with Gasteiger partial charge in [0.25, 0.3) is 0 Å². The maximum atomic E-state index is 12.0. The number of fused-ring (bicyclic) bond motifs is 1. The highest BCUT2D eigenvalue weighted by molar-refractivity contribution is 5.83. The number of hydrogen-bond acceptors (Lipinski definition) is 6. The average Bonchev–Trinajstić information content (AvgIpc) is 2.85. The Labute approximate surface area is 193 Å². The highest BCUT2D eigenvalue weighted by Crippen LogP contribution is 2.30. The second kappa shape index (κ2) is 10.9. The molecule has 0 bridgehead atoms. The van der Waals surface area contributed by atoms with Gasteiger partial charge >= 0.3 is 5.97 Å². The lowest BCUT2D eigenvalue weighted by atomic mass is 9.81. The first-order valence-corrected chi connectivity index (χ1v) is 11.3. The summed E-state index contributed by atoms with van der Waals surface area (Å²) in [5.74, 6) is 6.12. The number of methoxy groups -OCH3 is 1. The van der Waals surface area contributed by atoms with Crippen molar-refractivity contribution in [2.75, 3.05) is 26.7 Å². The average molecular weight is 445 g/mol. The summed E-state index contributed by atoms with van der Waals surface area (Å²) in [5, 5.41) is 18.5. The lowest BCUT2D eigenvalue weighted by Gasteiger charge is -2.35. The fourth-order valence-corrected chi connectivity index (χ4v) is 4.54.